The number of esters is 1. The van der Waals surface area contributed by atoms with Gasteiger partial charge in [0.25, 0.3) is 0 Å². The zero-order chi connectivity index (χ0) is 22.8. The van der Waals surface area contributed by atoms with E-state index in [1.165, 1.54) is 0 Å². The van der Waals surface area contributed by atoms with Crippen LogP contribution in [-0.2, 0) is 9.53 Å². The molecule has 2 aliphatic heterocycles. The topological polar surface area (TPSA) is 78.5 Å². The van der Waals surface area contributed by atoms with Gasteiger partial charge in [0, 0.05) is 5.70 Å². The molecule has 0 spiro atoms. The Labute approximate surface area is 191 Å². The molecule has 1 atom stereocenters. The number of fused-ring (bicyclic) bond motifs is 1. The van der Waals surface area contributed by atoms with Crippen molar-refractivity contribution >= 4 is 29.0 Å². The van der Waals surface area contributed by atoms with Gasteiger partial charge in [0.15, 0.2) is 16.6 Å². The van der Waals surface area contributed by atoms with E-state index in [1.54, 1.807) is 32.1 Å². The van der Waals surface area contributed by atoms with Crippen molar-refractivity contribution in [1.29, 1.82) is 0 Å². The Kier molecular flexibility index (Phi) is 6.09. The summed E-state index contributed by atoms with van der Waals surface area (Å²) in [4.78, 5) is 14.9. The Hall–Kier alpha value is -3.46. The first kappa shape index (κ1) is 21.8. The summed E-state index contributed by atoms with van der Waals surface area (Å²) in [5, 5.41) is 3.70. The highest BCUT2D eigenvalue weighted by Crippen LogP contribution is 2.45. The highest BCUT2D eigenvalue weighted by molar-refractivity contribution is 7.80. The number of hydrogen-bond donors (Lipinski definition) is 1. The summed E-state index contributed by atoms with van der Waals surface area (Å²) < 4.78 is 27.5. The Morgan fingerprint density at radius 2 is 1.94 bits per heavy atom. The van der Waals surface area contributed by atoms with Gasteiger partial charge in [0.1, 0.15) is 5.75 Å². The molecule has 0 saturated heterocycles. The predicted octanol–water partition coefficient (Wildman–Crippen LogP) is 3.71. The highest BCUT2D eigenvalue weighted by Gasteiger charge is 2.37. The van der Waals surface area contributed by atoms with Crippen LogP contribution in [0.2, 0.25) is 0 Å². The van der Waals surface area contributed by atoms with E-state index in [0.29, 0.717) is 45.1 Å². The molecular weight excluding hydrogens is 432 g/mol. The molecule has 0 saturated carbocycles. The van der Waals surface area contributed by atoms with Gasteiger partial charge in [-0.05, 0) is 55.9 Å². The summed E-state index contributed by atoms with van der Waals surface area (Å²) in [6.45, 7) is 3.95. The first-order valence-corrected chi connectivity index (χ1v) is 10.5. The molecule has 4 rings (SSSR count). The number of allylic oxidation sites excluding steroid dienone is 1. The van der Waals surface area contributed by atoms with Crippen LogP contribution in [0, 0.1) is 0 Å². The molecule has 0 aliphatic carbocycles. The number of para-hydroxylation sites is 2. The average Bonchev–Trinajstić information content (AvgIpc) is 3.27. The molecule has 0 fully saturated rings. The molecule has 0 aromatic heterocycles. The van der Waals surface area contributed by atoms with Gasteiger partial charge in [-0.1, -0.05) is 12.1 Å². The number of methoxy groups -OCH3 is 2. The van der Waals surface area contributed by atoms with Crippen molar-refractivity contribution in [2.24, 2.45) is 0 Å². The minimum Gasteiger partial charge on any atom is -0.495 e. The second-order valence-electron chi connectivity index (χ2n) is 7.07. The Bertz CT molecular complexity index is 1100. The van der Waals surface area contributed by atoms with E-state index in [0.717, 1.165) is 5.56 Å². The van der Waals surface area contributed by atoms with Crippen molar-refractivity contribution in [1.82, 2.24) is 5.32 Å². The minimum absolute atomic E-state index is 0.104. The van der Waals surface area contributed by atoms with Crippen LogP contribution in [0.3, 0.4) is 0 Å². The van der Waals surface area contributed by atoms with Crippen molar-refractivity contribution in [2.45, 2.75) is 19.9 Å². The largest absolute Gasteiger partial charge is 0.495 e. The number of thiocarbonyl (C=S) groups is 1. The molecule has 2 aromatic carbocycles. The van der Waals surface area contributed by atoms with Gasteiger partial charge in [-0.2, -0.15) is 0 Å². The van der Waals surface area contributed by atoms with E-state index in [1.807, 2.05) is 37.3 Å². The molecule has 8 nitrogen and oxygen atoms in total. The summed E-state index contributed by atoms with van der Waals surface area (Å²) in [5.41, 5.74) is 2.51. The Balaban J connectivity index is 1.87. The van der Waals surface area contributed by atoms with E-state index >= 15 is 0 Å². The number of ether oxygens (including phenoxy) is 5. The normalized spacial score (nSPS) is 17.2. The van der Waals surface area contributed by atoms with Gasteiger partial charge in [0.05, 0.1) is 38.1 Å². The number of carbonyl (C=O) groups excluding carboxylic acids is 1. The maximum Gasteiger partial charge on any atom is 0.338 e. The van der Waals surface area contributed by atoms with E-state index < -0.39 is 12.0 Å². The summed E-state index contributed by atoms with van der Waals surface area (Å²) in [6, 6.07) is 10.5. The lowest BCUT2D eigenvalue weighted by atomic mass is 9.94. The monoisotopic (exact) mass is 456 g/mol. The molecule has 0 radical (unpaired) electrons. The van der Waals surface area contributed by atoms with Gasteiger partial charge in [-0.3, -0.25) is 4.90 Å². The van der Waals surface area contributed by atoms with Crippen molar-refractivity contribution in [2.75, 3.05) is 32.5 Å². The highest BCUT2D eigenvalue weighted by atomic mass is 32.1. The zero-order valence-electron chi connectivity index (χ0n) is 18.3. The fourth-order valence-electron chi connectivity index (χ4n) is 3.89. The van der Waals surface area contributed by atoms with Gasteiger partial charge in [-0.25, -0.2) is 4.79 Å². The number of benzene rings is 2. The molecule has 168 valence electrons. The lowest BCUT2D eigenvalue weighted by Gasteiger charge is -2.38. The Morgan fingerprint density at radius 3 is 2.66 bits per heavy atom. The van der Waals surface area contributed by atoms with Gasteiger partial charge < -0.3 is 29.0 Å². The minimum atomic E-state index is -0.573. The predicted molar refractivity (Wildman–Crippen MR) is 122 cm³/mol. The van der Waals surface area contributed by atoms with Crippen molar-refractivity contribution in [3.63, 3.8) is 0 Å². The summed E-state index contributed by atoms with van der Waals surface area (Å²) in [6.07, 6.45) is 0. The SMILES string of the molecule is CCOC(=O)C1=C(C)N(c2ccccc2OC)C(=S)NC1c1cc(OC)c2c(c1)OCO2. The third-order valence-corrected chi connectivity index (χ3v) is 5.62. The van der Waals surface area contributed by atoms with Crippen molar-refractivity contribution in [3.8, 4) is 23.0 Å². The van der Waals surface area contributed by atoms with Crippen molar-refractivity contribution in [3.05, 3.63) is 53.2 Å². The van der Waals surface area contributed by atoms with E-state index in [9.17, 15) is 4.79 Å². The van der Waals surface area contributed by atoms with E-state index in [2.05, 4.69) is 5.32 Å². The number of anilines is 1. The molecule has 2 heterocycles. The molecule has 0 amide bonds. The van der Waals surface area contributed by atoms with Crippen LogP contribution < -0.4 is 29.2 Å². The fraction of sp³-hybridized carbons (Fsp3) is 0.304. The third kappa shape index (κ3) is 3.69. The Morgan fingerprint density at radius 1 is 1.19 bits per heavy atom. The molecular formula is C23H24N2O6S. The van der Waals surface area contributed by atoms with Gasteiger partial charge >= 0.3 is 5.97 Å². The lowest BCUT2D eigenvalue weighted by molar-refractivity contribution is -0.139. The molecule has 2 aliphatic rings. The molecule has 0 bridgehead atoms. The number of carbonyl (C=O) groups is 1. The smallest absolute Gasteiger partial charge is 0.338 e. The maximum atomic E-state index is 13.1. The molecule has 9 heteroatoms. The number of rotatable bonds is 6. The number of hydrogen-bond acceptors (Lipinski definition) is 7. The zero-order valence-corrected chi connectivity index (χ0v) is 19.1. The average molecular weight is 457 g/mol. The second-order valence-corrected chi connectivity index (χ2v) is 7.45. The standard InChI is InChI=1S/C23H24N2O6S/c1-5-29-22(26)19-13(2)25(15-8-6-7-9-16(15)27-3)23(32)24-20(19)14-10-17(28-4)21-18(11-14)30-12-31-21/h6-11,20H,5,12H2,1-4H3,(H,24,32). The second kappa shape index (κ2) is 8.96. The van der Waals surface area contributed by atoms with Crippen LogP contribution in [-0.4, -0.2) is 38.7 Å². The fourth-order valence-corrected chi connectivity index (χ4v) is 4.24. The van der Waals surface area contributed by atoms with Gasteiger partial charge in [-0.15, -0.1) is 0 Å². The molecule has 32 heavy (non-hydrogen) atoms. The first-order chi connectivity index (χ1) is 15.5. The van der Waals surface area contributed by atoms with Crippen LogP contribution in [0.1, 0.15) is 25.5 Å². The van der Waals surface area contributed by atoms with Crippen LogP contribution >= 0.6 is 12.2 Å². The van der Waals surface area contributed by atoms with Crippen LogP contribution in [0.4, 0.5) is 5.69 Å². The van der Waals surface area contributed by atoms with Crippen LogP contribution in [0.15, 0.2) is 47.7 Å². The molecule has 1 N–H and O–H groups in total. The summed E-state index contributed by atoms with van der Waals surface area (Å²) in [7, 11) is 3.14. The van der Waals surface area contributed by atoms with Crippen LogP contribution in [0.5, 0.6) is 23.0 Å². The lowest BCUT2D eigenvalue weighted by Crippen LogP contribution is -2.48. The van der Waals surface area contributed by atoms with E-state index in [4.69, 9.17) is 35.9 Å². The molecule has 2 aromatic rings. The van der Waals surface area contributed by atoms with Crippen LogP contribution in [0.25, 0.3) is 0 Å². The summed E-state index contributed by atoms with van der Waals surface area (Å²) >= 11 is 5.72. The van der Waals surface area contributed by atoms with E-state index in [-0.39, 0.29) is 13.4 Å². The molecule has 1 unspecified atom stereocenters. The third-order valence-electron chi connectivity index (χ3n) is 5.32. The van der Waals surface area contributed by atoms with Gasteiger partial charge in [0.2, 0.25) is 12.5 Å². The first-order valence-electron chi connectivity index (χ1n) is 10.1. The quantitative estimate of drug-likeness (QED) is 0.517. The van der Waals surface area contributed by atoms with Crippen molar-refractivity contribution < 1.29 is 28.5 Å². The number of nitrogens with zero attached hydrogens (tertiary/aromatic N) is 1. The summed E-state index contributed by atoms with van der Waals surface area (Å²) in [5.74, 6) is 1.77. The number of nitrogens with one attached hydrogen (secondary N) is 1. The maximum absolute atomic E-state index is 13.1.